The molecule has 0 radical (unpaired) electrons. The Morgan fingerprint density at radius 1 is 1.53 bits per heavy atom. The van der Waals surface area contributed by atoms with Crippen molar-refractivity contribution in [2.75, 3.05) is 26.8 Å². The zero-order valence-electron chi connectivity index (χ0n) is 11.2. The second kappa shape index (κ2) is 5.84. The average molecular weight is 262 g/mol. The lowest BCUT2D eigenvalue weighted by molar-refractivity contribution is 0.0763. The second-order valence-corrected chi connectivity index (χ2v) is 4.69. The Labute approximate surface area is 111 Å². The van der Waals surface area contributed by atoms with Crippen LogP contribution in [0.3, 0.4) is 0 Å². The van der Waals surface area contributed by atoms with E-state index in [0.29, 0.717) is 19.7 Å². The Bertz CT molecular complexity index is 560. The third kappa shape index (κ3) is 3.12. The van der Waals surface area contributed by atoms with Crippen LogP contribution in [0.2, 0.25) is 0 Å². The van der Waals surface area contributed by atoms with Crippen molar-refractivity contribution in [1.82, 2.24) is 9.88 Å². The molecule has 0 bridgehead atoms. The molecule has 0 spiro atoms. The molecule has 5 heteroatoms. The summed E-state index contributed by atoms with van der Waals surface area (Å²) in [5.41, 5.74) is 1.92. The van der Waals surface area contributed by atoms with Gasteiger partial charge in [0.2, 0.25) is 0 Å². The van der Waals surface area contributed by atoms with Crippen LogP contribution < -0.4 is 5.43 Å². The van der Waals surface area contributed by atoms with E-state index in [-0.39, 0.29) is 16.9 Å². The van der Waals surface area contributed by atoms with Crippen LogP contribution in [0.4, 0.5) is 0 Å². The van der Waals surface area contributed by atoms with Gasteiger partial charge in [-0.1, -0.05) is 6.08 Å². The van der Waals surface area contributed by atoms with E-state index in [9.17, 15) is 9.59 Å². The number of pyridine rings is 1. The number of hydrogen-bond acceptors (Lipinski definition) is 3. The Balaban J connectivity index is 2.11. The van der Waals surface area contributed by atoms with Crippen LogP contribution in [0, 0.1) is 6.92 Å². The number of rotatable bonds is 3. The molecule has 19 heavy (non-hydrogen) atoms. The SMILES string of the molecule is COCC1=CCN(C(=O)c2c[nH]c(C)cc2=O)CC1. The summed E-state index contributed by atoms with van der Waals surface area (Å²) < 4.78 is 5.07. The van der Waals surface area contributed by atoms with Crippen LogP contribution in [0.5, 0.6) is 0 Å². The van der Waals surface area contributed by atoms with Crippen molar-refractivity contribution in [2.24, 2.45) is 0 Å². The van der Waals surface area contributed by atoms with Crippen LogP contribution in [0.15, 0.2) is 28.7 Å². The largest absolute Gasteiger partial charge is 0.380 e. The molecule has 0 saturated heterocycles. The predicted molar refractivity (Wildman–Crippen MR) is 72.3 cm³/mol. The third-order valence-electron chi connectivity index (χ3n) is 3.21. The summed E-state index contributed by atoms with van der Waals surface area (Å²) in [5, 5.41) is 0. The van der Waals surface area contributed by atoms with Gasteiger partial charge in [0.05, 0.1) is 6.61 Å². The molecule has 1 N–H and O–H groups in total. The van der Waals surface area contributed by atoms with Crippen molar-refractivity contribution in [2.45, 2.75) is 13.3 Å². The van der Waals surface area contributed by atoms with E-state index in [4.69, 9.17) is 4.74 Å². The topological polar surface area (TPSA) is 62.4 Å². The predicted octanol–water partition coefficient (Wildman–Crippen LogP) is 1.10. The third-order valence-corrected chi connectivity index (χ3v) is 3.21. The van der Waals surface area contributed by atoms with Gasteiger partial charge in [-0.3, -0.25) is 9.59 Å². The Morgan fingerprint density at radius 2 is 2.32 bits per heavy atom. The molecule has 102 valence electrons. The highest BCUT2D eigenvalue weighted by Crippen LogP contribution is 2.12. The maximum atomic E-state index is 12.2. The lowest BCUT2D eigenvalue weighted by Gasteiger charge is -2.26. The normalized spacial score (nSPS) is 15.3. The molecule has 1 aromatic heterocycles. The molecular formula is C14H18N2O3. The maximum absolute atomic E-state index is 12.2. The van der Waals surface area contributed by atoms with Crippen molar-refractivity contribution >= 4 is 5.91 Å². The second-order valence-electron chi connectivity index (χ2n) is 4.69. The van der Waals surface area contributed by atoms with Gasteiger partial charge in [-0.15, -0.1) is 0 Å². The molecule has 0 saturated carbocycles. The molecule has 0 fully saturated rings. The Hall–Kier alpha value is -1.88. The fourth-order valence-corrected chi connectivity index (χ4v) is 2.12. The lowest BCUT2D eigenvalue weighted by Crippen LogP contribution is -2.37. The van der Waals surface area contributed by atoms with E-state index in [2.05, 4.69) is 4.98 Å². The molecule has 2 rings (SSSR count). The number of methoxy groups -OCH3 is 1. The average Bonchev–Trinajstić information content (AvgIpc) is 2.39. The maximum Gasteiger partial charge on any atom is 0.259 e. The summed E-state index contributed by atoms with van der Waals surface area (Å²) in [5.74, 6) is -0.214. The van der Waals surface area contributed by atoms with E-state index in [0.717, 1.165) is 12.1 Å². The van der Waals surface area contributed by atoms with Gasteiger partial charge in [0.25, 0.3) is 5.91 Å². The number of amides is 1. The summed E-state index contributed by atoms with van der Waals surface area (Å²) in [6.07, 6.45) is 4.28. The van der Waals surface area contributed by atoms with E-state index in [1.165, 1.54) is 17.8 Å². The molecule has 0 unspecified atom stereocenters. The van der Waals surface area contributed by atoms with Crippen molar-refractivity contribution in [3.8, 4) is 0 Å². The van der Waals surface area contributed by atoms with Crippen molar-refractivity contribution < 1.29 is 9.53 Å². The Kier molecular flexibility index (Phi) is 4.16. The smallest absolute Gasteiger partial charge is 0.259 e. The van der Waals surface area contributed by atoms with Gasteiger partial charge in [-0.25, -0.2) is 0 Å². The number of nitrogens with one attached hydrogen (secondary N) is 1. The van der Waals surface area contributed by atoms with Crippen molar-refractivity contribution in [3.05, 3.63) is 45.4 Å². The zero-order valence-corrected chi connectivity index (χ0v) is 11.2. The summed E-state index contributed by atoms with van der Waals surface area (Å²) in [7, 11) is 1.66. The lowest BCUT2D eigenvalue weighted by atomic mass is 10.1. The summed E-state index contributed by atoms with van der Waals surface area (Å²) in [6, 6.07) is 1.45. The first-order chi connectivity index (χ1) is 9.11. The number of nitrogens with zero attached hydrogens (tertiary/aromatic N) is 1. The van der Waals surface area contributed by atoms with Gasteiger partial charge < -0.3 is 14.6 Å². The minimum atomic E-state index is -0.229. The number of H-pyrrole nitrogens is 1. The van der Waals surface area contributed by atoms with Crippen LogP contribution >= 0.6 is 0 Å². The molecule has 1 amide bonds. The van der Waals surface area contributed by atoms with Crippen molar-refractivity contribution in [1.29, 1.82) is 0 Å². The quantitative estimate of drug-likeness (QED) is 0.830. The standard InChI is InChI=1S/C14H18N2O3/c1-10-7-13(17)12(8-15-10)14(18)16-5-3-11(4-6-16)9-19-2/h3,7-8H,4-6,9H2,1-2H3,(H,15,17). The number of aromatic nitrogens is 1. The molecule has 1 aromatic rings. The van der Waals surface area contributed by atoms with Gasteiger partial charge in [-0.2, -0.15) is 0 Å². The molecule has 1 aliphatic rings. The first-order valence-electron chi connectivity index (χ1n) is 6.27. The fraction of sp³-hybridized carbons (Fsp3) is 0.429. The van der Waals surface area contributed by atoms with Gasteiger partial charge in [-0.05, 0) is 18.9 Å². The first-order valence-corrected chi connectivity index (χ1v) is 6.27. The first kappa shape index (κ1) is 13.5. The number of hydrogen-bond donors (Lipinski definition) is 1. The van der Waals surface area contributed by atoms with Gasteiger partial charge in [0, 0.05) is 38.2 Å². The summed E-state index contributed by atoms with van der Waals surface area (Å²) in [6.45, 7) is 3.55. The number of aromatic amines is 1. The molecule has 0 aliphatic carbocycles. The molecule has 0 aromatic carbocycles. The van der Waals surface area contributed by atoms with E-state index >= 15 is 0 Å². The fourth-order valence-electron chi connectivity index (χ4n) is 2.12. The molecule has 5 nitrogen and oxygen atoms in total. The Morgan fingerprint density at radius 3 is 2.89 bits per heavy atom. The zero-order chi connectivity index (χ0) is 13.8. The van der Waals surface area contributed by atoms with Crippen molar-refractivity contribution in [3.63, 3.8) is 0 Å². The van der Waals surface area contributed by atoms with E-state index in [1.54, 1.807) is 18.9 Å². The molecule has 1 aliphatic heterocycles. The van der Waals surface area contributed by atoms with Crippen LogP contribution in [0.25, 0.3) is 0 Å². The highest BCUT2D eigenvalue weighted by atomic mass is 16.5. The van der Waals surface area contributed by atoms with E-state index < -0.39 is 0 Å². The summed E-state index contributed by atoms with van der Waals surface area (Å²) in [4.78, 5) is 28.6. The molecular weight excluding hydrogens is 244 g/mol. The summed E-state index contributed by atoms with van der Waals surface area (Å²) >= 11 is 0. The minimum Gasteiger partial charge on any atom is -0.380 e. The minimum absolute atomic E-state index is 0.203. The number of carbonyl (C=O) groups excluding carboxylic acids is 1. The monoisotopic (exact) mass is 262 g/mol. The van der Waals surface area contributed by atoms with Gasteiger partial charge in [0.1, 0.15) is 5.56 Å². The highest BCUT2D eigenvalue weighted by Gasteiger charge is 2.20. The number of aryl methyl sites for hydroxylation is 1. The molecule has 0 atom stereocenters. The number of carbonyl (C=O) groups is 1. The van der Waals surface area contributed by atoms with E-state index in [1.807, 2.05) is 6.08 Å². The van der Waals surface area contributed by atoms with Crippen LogP contribution in [0.1, 0.15) is 22.5 Å². The number of ether oxygens (including phenoxy) is 1. The molecule has 2 heterocycles. The highest BCUT2D eigenvalue weighted by molar-refractivity contribution is 5.94. The van der Waals surface area contributed by atoms with Crippen LogP contribution in [-0.2, 0) is 4.74 Å². The van der Waals surface area contributed by atoms with Crippen LogP contribution in [-0.4, -0.2) is 42.6 Å². The van der Waals surface area contributed by atoms with Gasteiger partial charge >= 0.3 is 0 Å². The van der Waals surface area contributed by atoms with Gasteiger partial charge in [0.15, 0.2) is 5.43 Å².